The van der Waals surface area contributed by atoms with Crippen LogP contribution in [0.15, 0.2) is 60.9 Å². The van der Waals surface area contributed by atoms with Crippen molar-refractivity contribution < 1.29 is 27.1 Å². The molecule has 0 aliphatic heterocycles. The number of aldehydes is 1. The first kappa shape index (κ1) is 22.4. The number of hydrogen-bond donors (Lipinski definition) is 2. The predicted octanol–water partition coefficient (Wildman–Crippen LogP) is 6.24. The summed E-state index contributed by atoms with van der Waals surface area (Å²) in [5, 5.41) is 0.156. The van der Waals surface area contributed by atoms with E-state index >= 15 is 0 Å². The SMILES string of the molecule is O=CCc1cccc(Cc2cnc(-c3cc(Oc4c(F)cc5[nH]ccc5c4F)ccc3F)[nH]2)c1F. The van der Waals surface area contributed by atoms with Crippen molar-refractivity contribution in [2.45, 2.75) is 12.8 Å². The van der Waals surface area contributed by atoms with Crippen molar-refractivity contribution in [1.82, 2.24) is 15.0 Å². The third-order valence-electron chi connectivity index (χ3n) is 5.59. The Kier molecular flexibility index (Phi) is 5.82. The van der Waals surface area contributed by atoms with Crippen LogP contribution in [-0.4, -0.2) is 21.2 Å². The van der Waals surface area contributed by atoms with Crippen LogP contribution < -0.4 is 4.74 Å². The number of H-pyrrole nitrogens is 2. The van der Waals surface area contributed by atoms with Crippen LogP contribution in [0.4, 0.5) is 17.6 Å². The Hall–Kier alpha value is -4.40. The van der Waals surface area contributed by atoms with Gasteiger partial charge in [0.15, 0.2) is 17.4 Å². The monoisotopic (exact) mass is 479 g/mol. The standard InChI is InChI=1S/C26H17F4N3O2/c27-20-5-4-17(35-25-21(28)12-22-18(24(25)30)6-8-31-22)11-19(20)26-32-13-16(33-26)10-15-3-1-2-14(7-9-34)23(15)29/h1-6,8-9,11-13,31H,7,10H2,(H,32,33). The van der Waals surface area contributed by atoms with Crippen LogP contribution in [0, 0.1) is 23.3 Å². The number of hydrogen-bond acceptors (Lipinski definition) is 3. The van der Waals surface area contributed by atoms with Crippen LogP contribution in [0.1, 0.15) is 16.8 Å². The van der Waals surface area contributed by atoms with Gasteiger partial charge in [-0.15, -0.1) is 0 Å². The molecule has 0 bridgehead atoms. The number of aromatic nitrogens is 3. The molecule has 0 unspecified atom stereocenters. The molecule has 0 aliphatic carbocycles. The molecule has 3 aromatic carbocycles. The smallest absolute Gasteiger partial charge is 0.199 e. The van der Waals surface area contributed by atoms with E-state index < -0.39 is 29.0 Å². The molecule has 2 N–H and O–H groups in total. The van der Waals surface area contributed by atoms with Crippen molar-refractivity contribution in [3.05, 3.63) is 101 Å². The number of carbonyl (C=O) groups is 1. The van der Waals surface area contributed by atoms with Gasteiger partial charge in [-0.2, -0.15) is 0 Å². The molecule has 0 aliphatic rings. The Labute approximate surface area is 196 Å². The Morgan fingerprint density at radius 2 is 1.77 bits per heavy atom. The first-order valence-electron chi connectivity index (χ1n) is 10.6. The maximum absolute atomic E-state index is 14.7. The number of benzene rings is 3. The first-order chi connectivity index (χ1) is 16.9. The van der Waals surface area contributed by atoms with Gasteiger partial charge in [-0.1, -0.05) is 18.2 Å². The lowest BCUT2D eigenvalue weighted by Gasteiger charge is -2.10. The maximum Gasteiger partial charge on any atom is 0.199 e. The molecule has 0 radical (unpaired) electrons. The maximum atomic E-state index is 14.7. The number of carbonyl (C=O) groups excluding carboxylic acids is 1. The fourth-order valence-corrected chi connectivity index (χ4v) is 3.88. The fourth-order valence-electron chi connectivity index (χ4n) is 3.88. The van der Waals surface area contributed by atoms with E-state index in [1.807, 2.05) is 0 Å². The molecule has 0 fully saturated rings. The van der Waals surface area contributed by atoms with E-state index in [-0.39, 0.29) is 46.4 Å². The summed E-state index contributed by atoms with van der Waals surface area (Å²) in [5.41, 5.74) is 1.42. The second-order valence-corrected chi connectivity index (χ2v) is 7.88. The molecule has 35 heavy (non-hydrogen) atoms. The largest absolute Gasteiger partial charge is 0.451 e. The van der Waals surface area contributed by atoms with E-state index in [4.69, 9.17) is 4.74 Å². The summed E-state index contributed by atoms with van der Waals surface area (Å²) in [5.74, 6) is -3.40. The van der Waals surface area contributed by atoms with Gasteiger partial charge < -0.3 is 19.5 Å². The molecule has 5 nitrogen and oxygen atoms in total. The molecule has 2 aromatic heterocycles. The van der Waals surface area contributed by atoms with Crippen LogP contribution in [-0.2, 0) is 17.6 Å². The minimum Gasteiger partial charge on any atom is -0.451 e. The highest BCUT2D eigenvalue weighted by molar-refractivity contribution is 5.82. The van der Waals surface area contributed by atoms with Gasteiger partial charge >= 0.3 is 0 Å². The molecule has 0 saturated heterocycles. The number of fused-ring (bicyclic) bond motifs is 1. The van der Waals surface area contributed by atoms with Crippen molar-refractivity contribution in [2.24, 2.45) is 0 Å². The lowest BCUT2D eigenvalue weighted by Crippen LogP contribution is -1.99. The highest BCUT2D eigenvalue weighted by Gasteiger charge is 2.19. The van der Waals surface area contributed by atoms with Gasteiger partial charge in [0.2, 0.25) is 0 Å². The normalized spacial score (nSPS) is 11.2. The third-order valence-corrected chi connectivity index (χ3v) is 5.59. The highest BCUT2D eigenvalue weighted by atomic mass is 19.1. The Balaban J connectivity index is 1.43. The zero-order chi connectivity index (χ0) is 24.5. The molecule has 176 valence electrons. The highest BCUT2D eigenvalue weighted by Crippen LogP contribution is 2.34. The van der Waals surface area contributed by atoms with Crippen LogP contribution >= 0.6 is 0 Å². The molecule has 0 spiro atoms. The zero-order valence-electron chi connectivity index (χ0n) is 18.0. The Morgan fingerprint density at radius 1 is 0.943 bits per heavy atom. The summed E-state index contributed by atoms with van der Waals surface area (Å²) < 4.78 is 63.8. The van der Waals surface area contributed by atoms with Gasteiger partial charge in [-0.05, 0) is 35.4 Å². The van der Waals surface area contributed by atoms with E-state index in [2.05, 4.69) is 15.0 Å². The summed E-state index contributed by atoms with van der Waals surface area (Å²) in [6.07, 6.45) is 3.64. The van der Waals surface area contributed by atoms with Crippen molar-refractivity contribution >= 4 is 17.2 Å². The number of imidazole rings is 1. The number of aromatic amines is 2. The van der Waals surface area contributed by atoms with Gasteiger partial charge in [0, 0.05) is 42.4 Å². The summed E-state index contributed by atoms with van der Waals surface area (Å²) in [6.45, 7) is 0. The van der Waals surface area contributed by atoms with Gasteiger partial charge in [-0.25, -0.2) is 22.5 Å². The summed E-state index contributed by atoms with van der Waals surface area (Å²) in [4.78, 5) is 20.6. The topological polar surface area (TPSA) is 70.8 Å². The quantitative estimate of drug-likeness (QED) is 0.215. The molecule has 0 saturated carbocycles. The number of rotatable bonds is 7. The van der Waals surface area contributed by atoms with E-state index in [0.717, 1.165) is 12.1 Å². The molecule has 0 amide bonds. The van der Waals surface area contributed by atoms with Gasteiger partial charge in [0.25, 0.3) is 0 Å². The molecule has 5 rings (SSSR count). The van der Waals surface area contributed by atoms with Crippen LogP contribution in [0.2, 0.25) is 0 Å². The van der Waals surface area contributed by atoms with E-state index in [1.165, 1.54) is 36.7 Å². The number of halogens is 4. The summed E-state index contributed by atoms with van der Waals surface area (Å²) >= 11 is 0. The van der Waals surface area contributed by atoms with Crippen molar-refractivity contribution in [2.75, 3.05) is 0 Å². The molecular formula is C26H17F4N3O2. The lowest BCUT2D eigenvalue weighted by molar-refractivity contribution is -0.107. The summed E-state index contributed by atoms with van der Waals surface area (Å²) in [6, 6.07) is 10.9. The summed E-state index contributed by atoms with van der Waals surface area (Å²) in [7, 11) is 0. The van der Waals surface area contributed by atoms with Crippen molar-refractivity contribution in [1.29, 1.82) is 0 Å². The second-order valence-electron chi connectivity index (χ2n) is 7.88. The Bertz CT molecular complexity index is 1560. The van der Waals surface area contributed by atoms with Crippen molar-refractivity contribution in [3.63, 3.8) is 0 Å². The van der Waals surface area contributed by atoms with Crippen LogP contribution in [0.25, 0.3) is 22.3 Å². The lowest BCUT2D eigenvalue weighted by atomic mass is 10.0. The third kappa shape index (κ3) is 4.28. The first-order valence-corrected chi connectivity index (χ1v) is 10.6. The molecule has 2 heterocycles. The van der Waals surface area contributed by atoms with Gasteiger partial charge in [0.1, 0.15) is 29.5 Å². The van der Waals surface area contributed by atoms with Crippen LogP contribution in [0.5, 0.6) is 11.5 Å². The van der Waals surface area contributed by atoms with Crippen molar-refractivity contribution in [3.8, 4) is 22.9 Å². The number of ether oxygens (including phenoxy) is 1. The van der Waals surface area contributed by atoms with E-state index in [1.54, 1.807) is 12.1 Å². The molecule has 0 atom stereocenters. The number of nitrogens with one attached hydrogen (secondary N) is 2. The molecule has 9 heteroatoms. The fraction of sp³-hybridized carbons (Fsp3) is 0.0769. The van der Waals surface area contributed by atoms with E-state index in [9.17, 15) is 22.4 Å². The minimum atomic E-state index is -0.914. The number of nitrogens with zero attached hydrogens (tertiary/aromatic N) is 1. The van der Waals surface area contributed by atoms with Gasteiger partial charge in [-0.3, -0.25) is 0 Å². The minimum absolute atomic E-state index is 0.000329. The average Bonchev–Trinajstić information content (AvgIpc) is 3.50. The Morgan fingerprint density at radius 3 is 2.60 bits per heavy atom. The van der Waals surface area contributed by atoms with E-state index in [0.29, 0.717) is 17.5 Å². The zero-order valence-corrected chi connectivity index (χ0v) is 18.0. The molecule has 5 aromatic rings. The second kappa shape index (κ2) is 9.09. The van der Waals surface area contributed by atoms with Gasteiger partial charge in [0.05, 0.1) is 11.1 Å². The predicted molar refractivity (Wildman–Crippen MR) is 121 cm³/mol. The van der Waals surface area contributed by atoms with Crippen LogP contribution in [0.3, 0.4) is 0 Å². The average molecular weight is 479 g/mol. The molecular weight excluding hydrogens is 462 g/mol.